The molecule has 182 valence electrons. The number of furan rings is 1. The third kappa shape index (κ3) is 6.47. The number of hydrogen-bond donors (Lipinski definition) is 1. The fraction of sp³-hybridized carbons (Fsp3) is 0.259. The second kappa shape index (κ2) is 11.5. The molecular formula is C27H27Cl2N3O3. The molecule has 6 nitrogen and oxygen atoms in total. The van der Waals surface area contributed by atoms with Crippen molar-refractivity contribution in [3.8, 4) is 11.3 Å². The lowest BCUT2D eigenvalue weighted by molar-refractivity contribution is -0.131. The van der Waals surface area contributed by atoms with Crippen molar-refractivity contribution < 1.29 is 14.0 Å². The highest BCUT2D eigenvalue weighted by atomic mass is 35.5. The van der Waals surface area contributed by atoms with Crippen LogP contribution in [0.1, 0.15) is 25.5 Å². The number of benzene rings is 2. The molecule has 3 aromatic rings. The maximum atomic E-state index is 12.4. The second-order valence-electron chi connectivity index (χ2n) is 8.31. The molecule has 0 aliphatic carbocycles. The number of rotatable bonds is 7. The van der Waals surface area contributed by atoms with Crippen LogP contribution in [0.5, 0.6) is 0 Å². The molecule has 0 bridgehead atoms. The Labute approximate surface area is 215 Å². The number of nitrogens with zero attached hydrogens (tertiary/aromatic N) is 2. The lowest BCUT2D eigenvalue weighted by Crippen LogP contribution is -2.48. The van der Waals surface area contributed by atoms with E-state index in [2.05, 4.69) is 10.2 Å². The number of nitrogens with one attached hydrogen (secondary N) is 1. The molecule has 0 saturated carbocycles. The van der Waals surface area contributed by atoms with E-state index in [4.69, 9.17) is 27.6 Å². The Morgan fingerprint density at radius 3 is 2.46 bits per heavy atom. The zero-order chi connectivity index (χ0) is 24.8. The fourth-order valence-corrected chi connectivity index (χ4v) is 4.34. The number of hydrogen-bond acceptors (Lipinski definition) is 4. The van der Waals surface area contributed by atoms with Crippen molar-refractivity contribution in [1.82, 2.24) is 4.90 Å². The summed E-state index contributed by atoms with van der Waals surface area (Å²) < 4.78 is 5.78. The number of anilines is 2. The van der Waals surface area contributed by atoms with Gasteiger partial charge in [-0.25, -0.2) is 0 Å². The van der Waals surface area contributed by atoms with Crippen LogP contribution in [0.25, 0.3) is 17.4 Å². The first-order valence-electron chi connectivity index (χ1n) is 11.6. The van der Waals surface area contributed by atoms with Gasteiger partial charge in [-0.1, -0.05) is 30.1 Å². The molecule has 1 saturated heterocycles. The van der Waals surface area contributed by atoms with Crippen LogP contribution >= 0.6 is 23.2 Å². The zero-order valence-electron chi connectivity index (χ0n) is 19.5. The molecular weight excluding hydrogens is 485 g/mol. The molecule has 1 aliphatic heterocycles. The Kier molecular flexibility index (Phi) is 8.16. The van der Waals surface area contributed by atoms with Gasteiger partial charge >= 0.3 is 0 Å². The minimum atomic E-state index is -0.264. The van der Waals surface area contributed by atoms with Crippen molar-refractivity contribution in [3.05, 3.63) is 76.5 Å². The molecule has 0 spiro atoms. The van der Waals surface area contributed by atoms with E-state index in [9.17, 15) is 9.59 Å². The summed E-state index contributed by atoms with van der Waals surface area (Å²) in [6.45, 7) is 5.10. The Morgan fingerprint density at radius 1 is 1.00 bits per heavy atom. The first-order valence-corrected chi connectivity index (χ1v) is 12.4. The Hall–Kier alpha value is -3.22. The van der Waals surface area contributed by atoms with Gasteiger partial charge < -0.3 is 19.5 Å². The van der Waals surface area contributed by atoms with Gasteiger partial charge in [-0.05, 0) is 67.1 Å². The molecule has 2 aromatic carbocycles. The standard InChI is InChI=1S/C27H27Cl2N3O3/c1-2-3-27(34)32-16-14-31(15-17-32)21-7-5-20(6-8-21)30-26(33)13-10-22-9-12-25(35-22)23-18-19(28)4-11-24(23)29/h4-13,18H,2-3,14-17H2,1H3,(H,30,33)/b13-10+. The molecule has 4 rings (SSSR count). The first kappa shape index (κ1) is 24.9. The van der Waals surface area contributed by atoms with Gasteiger partial charge in [0.1, 0.15) is 11.5 Å². The van der Waals surface area contributed by atoms with Gasteiger partial charge in [0.15, 0.2) is 0 Å². The minimum Gasteiger partial charge on any atom is -0.457 e. The predicted molar refractivity (Wildman–Crippen MR) is 142 cm³/mol. The quantitative estimate of drug-likeness (QED) is 0.375. The van der Waals surface area contributed by atoms with Crippen molar-refractivity contribution in [1.29, 1.82) is 0 Å². The van der Waals surface area contributed by atoms with E-state index in [1.807, 2.05) is 36.1 Å². The second-order valence-corrected chi connectivity index (χ2v) is 9.16. The average Bonchev–Trinajstić information content (AvgIpc) is 3.34. The molecule has 2 amide bonds. The number of carbonyl (C=O) groups excluding carboxylic acids is 2. The lowest BCUT2D eigenvalue weighted by Gasteiger charge is -2.36. The van der Waals surface area contributed by atoms with Crippen LogP contribution in [0.2, 0.25) is 10.0 Å². The topological polar surface area (TPSA) is 65.8 Å². The van der Waals surface area contributed by atoms with E-state index >= 15 is 0 Å². The highest BCUT2D eigenvalue weighted by Crippen LogP contribution is 2.32. The van der Waals surface area contributed by atoms with E-state index in [0.29, 0.717) is 39.2 Å². The normalized spacial score (nSPS) is 13.9. The summed E-state index contributed by atoms with van der Waals surface area (Å²) in [5.41, 5.74) is 2.47. The van der Waals surface area contributed by atoms with E-state index < -0.39 is 0 Å². The summed E-state index contributed by atoms with van der Waals surface area (Å²) in [6.07, 6.45) is 4.51. The van der Waals surface area contributed by atoms with Gasteiger partial charge in [-0.15, -0.1) is 0 Å². The van der Waals surface area contributed by atoms with Gasteiger partial charge in [0.05, 0.1) is 5.02 Å². The largest absolute Gasteiger partial charge is 0.457 e. The van der Waals surface area contributed by atoms with Crippen molar-refractivity contribution >= 4 is 52.5 Å². The van der Waals surface area contributed by atoms with Crippen molar-refractivity contribution in [2.24, 2.45) is 0 Å². The van der Waals surface area contributed by atoms with Crippen LogP contribution in [-0.4, -0.2) is 42.9 Å². The monoisotopic (exact) mass is 511 g/mol. The van der Waals surface area contributed by atoms with Gasteiger partial charge in [-0.3, -0.25) is 9.59 Å². The van der Waals surface area contributed by atoms with Crippen molar-refractivity contribution in [3.63, 3.8) is 0 Å². The van der Waals surface area contributed by atoms with Gasteiger partial charge in [0, 0.05) is 60.6 Å². The lowest BCUT2D eigenvalue weighted by atomic mass is 10.2. The number of piperazine rings is 1. The maximum Gasteiger partial charge on any atom is 0.248 e. The highest BCUT2D eigenvalue weighted by Gasteiger charge is 2.20. The molecule has 0 unspecified atom stereocenters. The summed E-state index contributed by atoms with van der Waals surface area (Å²) in [4.78, 5) is 28.6. The summed E-state index contributed by atoms with van der Waals surface area (Å²) in [7, 11) is 0. The molecule has 35 heavy (non-hydrogen) atoms. The molecule has 1 fully saturated rings. The molecule has 1 aliphatic rings. The third-order valence-corrected chi connectivity index (χ3v) is 6.38. The van der Waals surface area contributed by atoms with Gasteiger partial charge in [0.2, 0.25) is 11.8 Å². The maximum absolute atomic E-state index is 12.4. The predicted octanol–water partition coefficient (Wildman–Crippen LogP) is 6.35. The van der Waals surface area contributed by atoms with Crippen LogP contribution in [0.3, 0.4) is 0 Å². The van der Waals surface area contributed by atoms with E-state index in [0.717, 1.165) is 38.3 Å². The molecule has 0 radical (unpaired) electrons. The van der Waals surface area contributed by atoms with E-state index in [-0.39, 0.29) is 11.8 Å². The summed E-state index contributed by atoms with van der Waals surface area (Å²) in [6, 6.07) is 16.4. The SMILES string of the molecule is CCCC(=O)N1CCN(c2ccc(NC(=O)/C=C/c3ccc(-c4cc(Cl)ccc4Cl)o3)cc2)CC1. The Balaban J connectivity index is 1.30. The Morgan fingerprint density at radius 2 is 1.74 bits per heavy atom. The highest BCUT2D eigenvalue weighted by molar-refractivity contribution is 6.35. The van der Waals surface area contributed by atoms with E-state index in [1.165, 1.54) is 6.08 Å². The van der Waals surface area contributed by atoms with Crippen molar-refractivity contribution in [2.45, 2.75) is 19.8 Å². The zero-order valence-corrected chi connectivity index (χ0v) is 21.0. The Bertz CT molecular complexity index is 1210. The van der Waals surface area contributed by atoms with Crippen LogP contribution in [0.15, 0.2) is 65.1 Å². The summed E-state index contributed by atoms with van der Waals surface area (Å²) >= 11 is 12.3. The van der Waals surface area contributed by atoms with Crippen LogP contribution in [0, 0.1) is 0 Å². The molecule has 1 aromatic heterocycles. The average molecular weight is 512 g/mol. The number of amides is 2. The summed E-state index contributed by atoms with van der Waals surface area (Å²) in [5.74, 6) is 1.07. The molecule has 2 heterocycles. The third-order valence-electron chi connectivity index (χ3n) is 5.82. The fourth-order valence-electron chi connectivity index (χ4n) is 3.96. The molecule has 1 N–H and O–H groups in total. The van der Waals surface area contributed by atoms with Crippen LogP contribution in [0.4, 0.5) is 11.4 Å². The van der Waals surface area contributed by atoms with Crippen LogP contribution in [-0.2, 0) is 9.59 Å². The first-order chi connectivity index (χ1) is 16.9. The van der Waals surface area contributed by atoms with Crippen LogP contribution < -0.4 is 10.2 Å². The molecule has 8 heteroatoms. The smallest absolute Gasteiger partial charge is 0.248 e. The summed E-state index contributed by atoms with van der Waals surface area (Å²) in [5, 5.41) is 3.95. The molecule has 0 atom stereocenters. The van der Waals surface area contributed by atoms with Gasteiger partial charge in [-0.2, -0.15) is 0 Å². The number of carbonyl (C=O) groups is 2. The minimum absolute atomic E-state index is 0.234. The van der Waals surface area contributed by atoms with Crippen molar-refractivity contribution in [2.75, 3.05) is 36.4 Å². The van der Waals surface area contributed by atoms with Gasteiger partial charge in [0.25, 0.3) is 0 Å². The van der Waals surface area contributed by atoms with E-state index in [1.54, 1.807) is 36.4 Å². The number of halogens is 2.